The molecule has 0 heterocycles. The van der Waals surface area contributed by atoms with Crippen molar-refractivity contribution < 1.29 is 18.7 Å². The van der Waals surface area contributed by atoms with E-state index in [1.807, 2.05) is 48.5 Å². The van der Waals surface area contributed by atoms with Crippen LogP contribution < -0.4 is 0 Å². The molecular formula is C44H51BrF2O2. The summed E-state index contributed by atoms with van der Waals surface area (Å²) in [6.45, 7) is 8.63. The van der Waals surface area contributed by atoms with Crippen molar-refractivity contribution in [3.63, 3.8) is 0 Å². The molecule has 0 aromatic heterocycles. The number of ketones is 1. The van der Waals surface area contributed by atoms with Crippen LogP contribution in [0.25, 0.3) is 21.5 Å². The van der Waals surface area contributed by atoms with Gasteiger partial charge in [-0.2, -0.15) is 0 Å². The van der Waals surface area contributed by atoms with Crippen LogP contribution in [0.4, 0.5) is 8.78 Å². The molecule has 0 spiro atoms. The topological polar surface area (TPSA) is 37.3 Å². The van der Waals surface area contributed by atoms with E-state index in [4.69, 9.17) is 0 Å². The molecular weight excluding hydrogens is 678 g/mol. The molecule has 260 valence electrons. The summed E-state index contributed by atoms with van der Waals surface area (Å²) in [5, 5.41) is 14.6. The molecule has 2 fully saturated rings. The number of Topliss-reactive ketones (excluding diaryl/α,β-unsaturated/α-hetero) is 1. The number of halogens is 3. The third kappa shape index (κ3) is 7.59. The average molecular weight is 730 g/mol. The zero-order chi connectivity index (χ0) is 34.7. The largest absolute Gasteiger partial charge is 0.384 e. The number of aliphatic hydroxyl groups is 1. The molecule has 49 heavy (non-hydrogen) atoms. The number of rotatable bonds is 8. The highest BCUT2D eigenvalue weighted by molar-refractivity contribution is 9.10. The molecule has 1 N–H and O–H groups in total. The van der Waals surface area contributed by atoms with Gasteiger partial charge in [-0.25, -0.2) is 8.78 Å². The lowest BCUT2D eigenvalue weighted by molar-refractivity contribution is 0.0848. The van der Waals surface area contributed by atoms with E-state index in [9.17, 15) is 18.7 Å². The lowest BCUT2D eigenvalue weighted by atomic mass is 9.73. The standard InChI is InChI=1S/C22H26BrFO.C22H25FO/c1-3-6-15-9-11-16(12-10-15)14(2)22(25)20-19(24)13-17-7-4-5-8-18(17)21(20)23;1-2-5-14-8-10-15(11-9-14)18-13-19-17-7-4-3-6-16(17)12-20(23)21(19)22(18)24/h4-5,7-8,13,15-16,22,25H,2-3,6,9-12H2,1H3;3-4,6-7,12,14-15,18H,2,5,8-11,13H2,1H3. The second-order valence-corrected chi connectivity index (χ2v) is 15.8. The zero-order valence-electron chi connectivity index (χ0n) is 29.1. The first-order chi connectivity index (χ1) is 23.7. The second kappa shape index (κ2) is 16.0. The van der Waals surface area contributed by atoms with Gasteiger partial charge in [-0.15, -0.1) is 0 Å². The minimum Gasteiger partial charge on any atom is -0.384 e. The first-order valence-electron chi connectivity index (χ1n) is 18.7. The third-order valence-corrected chi connectivity index (χ3v) is 12.8. The van der Waals surface area contributed by atoms with Crippen molar-refractivity contribution in [1.82, 2.24) is 0 Å². The molecule has 2 saturated carbocycles. The van der Waals surface area contributed by atoms with E-state index in [-0.39, 0.29) is 29.3 Å². The molecule has 0 aliphatic heterocycles. The molecule has 4 aromatic carbocycles. The van der Waals surface area contributed by atoms with Gasteiger partial charge in [0.2, 0.25) is 0 Å². The predicted octanol–water partition coefficient (Wildman–Crippen LogP) is 12.9. The number of hydrogen-bond donors (Lipinski definition) is 1. The molecule has 3 aliphatic rings. The monoisotopic (exact) mass is 728 g/mol. The summed E-state index contributed by atoms with van der Waals surface area (Å²) in [5.74, 6) is 1.72. The first kappa shape index (κ1) is 35.9. The number of benzene rings is 4. The van der Waals surface area contributed by atoms with Crippen LogP contribution >= 0.6 is 15.9 Å². The Balaban J connectivity index is 0.000000170. The SMILES string of the molecule is C=C(C1CCC(CCC)CC1)C(O)c1c(F)cc2ccccc2c1Br.CCCC1CCC(C2Cc3c(c(F)cc4ccccc34)C2=O)CC1. The van der Waals surface area contributed by atoms with Gasteiger partial charge in [0.1, 0.15) is 17.7 Å². The minimum atomic E-state index is -0.966. The quantitative estimate of drug-likeness (QED) is 0.183. The summed E-state index contributed by atoms with van der Waals surface area (Å²) < 4.78 is 29.9. The van der Waals surface area contributed by atoms with Crippen LogP contribution in [0.5, 0.6) is 0 Å². The molecule has 3 aliphatic carbocycles. The zero-order valence-corrected chi connectivity index (χ0v) is 30.7. The minimum absolute atomic E-state index is 0.00267. The van der Waals surface area contributed by atoms with Gasteiger partial charge in [0.05, 0.1) is 5.56 Å². The molecule has 0 bridgehead atoms. The molecule has 2 nitrogen and oxygen atoms in total. The van der Waals surface area contributed by atoms with E-state index in [0.717, 1.165) is 76.6 Å². The van der Waals surface area contributed by atoms with Crippen LogP contribution in [-0.2, 0) is 6.42 Å². The van der Waals surface area contributed by atoms with E-state index in [2.05, 4.69) is 36.4 Å². The van der Waals surface area contributed by atoms with Crippen LogP contribution in [0.1, 0.15) is 118 Å². The van der Waals surface area contributed by atoms with Gasteiger partial charge >= 0.3 is 0 Å². The van der Waals surface area contributed by atoms with Crippen molar-refractivity contribution in [2.45, 2.75) is 103 Å². The Hall–Kier alpha value is -2.89. The van der Waals surface area contributed by atoms with Crippen LogP contribution in [0.15, 0.2) is 77.3 Å². The van der Waals surface area contributed by atoms with Crippen molar-refractivity contribution in [1.29, 1.82) is 0 Å². The van der Waals surface area contributed by atoms with E-state index >= 15 is 0 Å². The van der Waals surface area contributed by atoms with Crippen LogP contribution in [0.3, 0.4) is 0 Å². The highest BCUT2D eigenvalue weighted by atomic mass is 79.9. The Morgan fingerprint density at radius 2 is 1.35 bits per heavy atom. The number of carbonyl (C=O) groups is 1. The van der Waals surface area contributed by atoms with Gasteiger partial charge < -0.3 is 5.11 Å². The maximum Gasteiger partial charge on any atom is 0.169 e. The lowest BCUT2D eigenvalue weighted by Gasteiger charge is -2.32. The predicted molar refractivity (Wildman–Crippen MR) is 202 cm³/mol. The van der Waals surface area contributed by atoms with Crippen molar-refractivity contribution in [2.75, 3.05) is 0 Å². The lowest BCUT2D eigenvalue weighted by Crippen LogP contribution is -2.26. The summed E-state index contributed by atoms with van der Waals surface area (Å²) in [5.41, 5.74) is 2.41. The molecule has 0 amide bonds. The molecule has 4 aromatic rings. The maximum absolute atomic E-state index is 14.7. The van der Waals surface area contributed by atoms with Gasteiger partial charge in [-0.3, -0.25) is 4.79 Å². The summed E-state index contributed by atoms with van der Waals surface area (Å²) in [6.07, 6.45) is 14.1. The van der Waals surface area contributed by atoms with Gasteiger partial charge in [0.15, 0.2) is 5.78 Å². The van der Waals surface area contributed by atoms with Crippen LogP contribution in [0, 0.1) is 41.2 Å². The summed E-state index contributed by atoms with van der Waals surface area (Å²) >= 11 is 3.51. The van der Waals surface area contributed by atoms with Crippen molar-refractivity contribution in [3.8, 4) is 0 Å². The Morgan fingerprint density at radius 3 is 1.96 bits per heavy atom. The summed E-state index contributed by atoms with van der Waals surface area (Å²) in [6, 6.07) is 18.5. The summed E-state index contributed by atoms with van der Waals surface area (Å²) in [7, 11) is 0. The Bertz CT molecular complexity index is 1800. The molecule has 0 radical (unpaired) electrons. The maximum atomic E-state index is 14.7. The molecule has 2 unspecified atom stereocenters. The highest BCUT2D eigenvalue weighted by Gasteiger charge is 2.40. The Morgan fingerprint density at radius 1 is 0.816 bits per heavy atom. The number of fused-ring (bicyclic) bond motifs is 4. The van der Waals surface area contributed by atoms with Crippen molar-refractivity contribution in [3.05, 3.63) is 106 Å². The van der Waals surface area contributed by atoms with Gasteiger partial charge in [0.25, 0.3) is 0 Å². The van der Waals surface area contributed by atoms with Crippen LogP contribution in [0.2, 0.25) is 0 Å². The smallest absolute Gasteiger partial charge is 0.169 e. The fraction of sp³-hybridized carbons (Fsp3) is 0.477. The fourth-order valence-corrected chi connectivity index (χ4v) is 9.97. The molecule has 5 heteroatoms. The van der Waals surface area contributed by atoms with Crippen LogP contribution in [-0.4, -0.2) is 10.9 Å². The number of hydrogen-bond acceptors (Lipinski definition) is 2. The first-order valence-corrected chi connectivity index (χ1v) is 19.5. The molecule has 2 atom stereocenters. The van der Waals surface area contributed by atoms with Gasteiger partial charge in [-0.05, 0) is 129 Å². The van der Waals surface area contributed by atoms with E-state index in [0.29, 0.717) is 21.5 Å². The highest BCUT2D eigenvalue weighted by Crippen LogP contribution is 2.45. The Labute approximate surface area is 299 Å². The van der Waals surface area contributed by atoms with E-state index in [1.54, 1.807) is 0 Å². The number of carbonyl (C=O) groups excluding carboxylic acids is 1. The van der Waals surface area contributed by atoms with Gasteiger partial charge in [-0.1, -0.05) is 107 Å². The van der Waals surface area contributed by atoms with E-state index < -0.39 is 6.10 Å². The average Bonchev–Trinajstić information content (AvgIpc) is 3.47. The second-order valence-electron chi connectivity index (χ2n) is 15.0. The summed E-state index contributed by atoms with van der Waals surface area (Å²) in [4.78, 5) is 12.9. The van der Waals surface area contributed by atoms with Crippen molar-refractivity contribution in [2.24, 2.45) is 29.6 Å². The Kier molecular flexibility index (Phi) is 11.7. The van der Waals surface area contributed by atoms with Gasteiger partial charge in [0, 0.05) is 16.0 Å². The molecule has 0 saturated heterocycles. The van der Waals surface area contributed by atoms with E-state index in [1.165, 1.54) is 63.5 Å². The normalized spacial score (nSPS) is 24.4. The van der Waals surface area contributed by atoms with Crippen molar-refractivity contribution >= 4 is 43.3 Å². The fourth-order valence-electron chi connectivity index (χ4n) is 9.21. The third-order valence-electron chi connectivity index (χ3n) is 11.9. The molecule has 7 rings (SSSR count). The number of aliphatic hydroxyl groups excluding tert-OH is 1.